The van der Waals surface area contributed by atoms with Gasteiger partial charge in [0.2, 0.25) is 5.91 Å². The van der Waals surface area contributed by atoms with Gasteiger partial charge in [0.15, 0.2) is 0 Å². The summed E-state index contributed by atoms with van der Waals surface area (Å²) in [6, 6.07) is 6.12. The Balaban J connectivity index is 0.00000208. The predicted molar refractivity (Wildman–Crippen MR) is 92.3 cm³/mol. The maximum absolute atomic E-state index is 13.5. The second kappa shape index (κ2) is 7.80. The molecule has 1 amide bonds. The molecule has 24 heavy (non-hydrogen) atoms. The summed E-state index contributed by atoms with van der Waals surface area (Å²) >= 11 is 0. The molecule has 2 saturated heterocycles. The van der Waals surface area contributed by atoms with Gasteiger partial charge in [0, 0.05) is 25.6 Å². The SMILES string of the molecule is Cl.O=C(C1CCS(=O)(=O)CC1)N1CCNCC1c1cccc(F)c1. The van der Waals surface area contributed by atoms with Crippen LogP contribution in [-0.4, -0.2) is 50.4 Å². The second-order valence-corrected chi connectivity index (χ2v) is 8.54. The molecule has 2 fully saturated rings. The number of nitrogens with zero attached hydrogens (tertiary/aromatic N) is 1. The van der Waals surface area contributed by atoms with Crippen molar-refractivity contribution in [2.24, 2.45) is 5.92 Å². The zero-order valence-corrected chi connectivity index (χ0v) is 14.9. The van der Waals surface area contributed by atoms with E-state index in [4.69, 9.17) is 0 Å². The molecule has 1 aromatic rings. The first-order valence-corrected chi connectivity index (χ1v) is 9.75. The first-order chi connectivity index (χ1) is 11.0. The van der Waals surface area contributed by atoms with E-state index in [1.807, 2.05) is 6.07 Å². The number of rotatable bonds is 2. The van der Waals surface area contributed by atoms with E-state index in [1.54, 1.807) is 11.0 Å². The monoisotopic (exact) mass is 376 g/mol. The fraction of sp³-hybridized carbons (Fsp3) is 0.562. The quantitative estimate of drug-likeness (QED) is 0.850. The molecule has 1 aromatic carbocycles. The van der Waals surface area contributed by atoms with E-state index in [0.717, 1.165) is 5.56 Å². The van der Waals surface area contributed by atoms with Crippen molar-refractivity contribution in [2.45, 2.75) is 18.9 Å². The summed E-state index contributed by atoms with van der Waals surface area (Å²) in [4.78, 5) is 14.6. The molecular weight excluding hydrogens is 355 g/mol. The van der Waals surface area contributed by atoms with Crippen LogP contribution < -0.4 is 5.32 Å². The topological polar surface area (TPSA) is 66.5 Å². The van der Waals surface area contributed by atoms with Crippen LogP contribution in [0.3, 0.4) is 0 Å². The summed E-state index contributed by atoms with van der Waals surface area (Å²) in [5.74, 6) is -0.396. The van der Waals surface area contributed by atoms with Crippen LogP contribution in [0.25, 0.3) is 0 Å². The van der Waals surface area contributed by atoms with Crippen LogP contribution in [0.1, 0.15) is 24.4 Å². The number of piperazine rings is 1. The van der Waals surface area contributed by atoms with Gasteiger partial charge in [0.25, 0.3) is 0 Å². The van der Waals surface area contributed by atoms with Crippen molar-refractivity contribution >= 4 is 28.2 Å². The average Bonchev–Trinajstić information content (AvgIpc) is 2.54. The molecule has 3 rings (SSSR count). The van der Waals surface area contributed by atoms with Crippen molar-refractivity contribution in [1.29, 1.82) is 0 Å². The molecule has 5 nitrogen and oxygen atoms in total. The van der Waals surface area contributed by atoms with Gasteiger partial charge in [-0.3, -0.25) is 4.79 Å². The Morgan fingerprint density at radius 3 is 2.62 bits per heavy atom. The second-order valence-electron chi connectivity index (χ2n) is 6.23. The van der Waals surface area contributed by atoms with E-state index < -0.39 is 9.84 Å². The van der Waals surface area contributed by atoms with Crippen LogP contribution in [0, 0.1) is 11.7 Å². The lowest BCUT2D eigenvalue weighted by atomic mass is 9.97. The normalized spacial score (nSPS) is 24.2. The lowest BCUT2D eigenvalue weighted by molar-refractivity contribution is -0.139. The van der Waals surface area contributed by atoms with E-state index >= 15 is 0 Å². The van der Waals surface area contributed by atoms with Crippen LogP contribution in [0.2, 0.25) is 0 Å². The largest absolute Gasteiger partial charge is 0.333 e. The number of sulfone groups is 1. The molecule has 0 aromatic heterocycles. The number of nitrogens with one attached hydrogen (secondary N) is 1. The number of benzene rings is 1. The highest BCUT2D eigenvalue weighted by Gasteiger charge is 2.35. The van der Waals surface area contributed by atoms with Crippen molar-refractivity contribution in [3.8, 4) is 0 Å². The van der Waals surface area contributed by atoms with Crippen molar-refractivity contribution in [2.75, 3.05) is 31.1 Å². The summed E-state index contributed by atoms with van der Waals surface area (Å²) < 4.78 is 36.6. The molecule has 0 radical (unpaired) electrons. The maximum atomic E-state index is 13.5. The number of hydrogen-bond donors (Lipinski definition) is 1. The van der Waals surface area contributed by atoms with E-state index in [1.165, 1.54) is 12.1 Å². The molecule has 0 spiro atoms. The van der Waals surface area contributed by atoms with Crippen molar-refractivity contribution in [3.63, 3.8) is 0 Å². The van der Waals surface area contributed by atoms with Gasteiger partial charge in [-0.2, -0.15) is 0 Å². The molecular formula is C16H22ClFN2O3S. The smallest absolute Gasteiger partial charge is 0.226 e. The zero-order valence-electron chi connectivity index (χ0n) is 13.3. The molecule has 1 N–H and O–H groups in total. The third-order valence-corrected chi connectivity index (χ3v) is 6.38. The van der Waals surface area contributed by atoms with E-state index in [2.05, 4.69) is 5.32 Å². The van der Waals surface area contributed by atoms with E-state index in [9.17, 15) is 17.6 Å². The van der Waals surface area contributed by atoms with Crippen molar-refractivity contribution in [1.82, 2.24) is 10.2 Å². The average molecular weight is 377 g/mol. The minimum absolute atomic E-state index is 0. The first-order valence-electron chi connectivity index (χ1n) is 7.93. The molecule has 1 unspecified atom stereocenters. The number of amides is 1. The fourth-order valence-electron chi connectivity index (χ4n) is 3.35. The Labute approximate surface area is 147 Å². The zero-order chi connectivity index (χ0) is 16.4. The lowest BCUT2D eigenvalue weighted by Gasteiger charge is -2.39. The van der Waals surface area contributed by atoms with E-state index in [-0.39, 0.29) is 47.6 Å². The predicted octanol–water partition coefficient (Wildman–Crippen LogP) is 1.55. The summed E-state index contributed by atoms with van der Waals surface area (Å²) in [6.45, 7) is 1.84. The minimum atomic E-state index is -2.98. The Hall–Kier alpha value is -1.18. The van der Waals surface area contributed by atoms with Crippen LogP contribution in [0.4, 0.5) is 4.39 Å². The summed E-state index contributed by atoms with van der Waals surface area (Å²) in [5.41, 5.74) is 0.772. The Morgan fingerprint density at radius 1 is 1.25 bits per heavy atom. The van der Waals surface area contributed by atoms with Gasteiger partial charge in [0.1, 0.15) is 15.7 Å². The number of halogens is 2. The van der Waals surface area contributed by atoms with Gasteiger partial charge in [-0.15, -0.1) is 12.4 Å². The molecule has 8 heteroatoms. The first kappa shape index (κ1) is 19.1. The van der Waals surface area contributed by atoms with Crippen LogP contribution >= 0.6 is 12.4 Å². The highest BCUT2D eigenvalue weighted by molar-refractivity contribution is 7.91. The van der Waals surface area contributed by atoms with Gasteiger partial charge in [-0.1, -0.05) is 12.1 Å². The minimum Gasteiger partial charge on any atom is -0.333 e. The van der Waals surface area contributed by atoms with Gasteiger partial charge in [-0.05, 0) is 30.5 Å². The number of carbonyl (C=O) groups is 1. The van der Waals surface area contributed by atoms with E-state index in [0.29, 0.717) is 32.5 Å². The van der Waals surface area contributed by atoms with Crippen LogP contribution in [0.15, 0.2) is 24.3 Å². The Morgan fingerprint density at radius 2 is 1.96 bits per heavy atom. The number of carbonyl (C=O) groups excluding carboxylic acids is 1. The third-order valence-electron chi connectivity index (χ3n) is 4.66. The van der Waals surface area contributed by atoms with Gasteiger partial charge in [-0.25, -0.2) is 12.8 Å². The third kappa shape index (κ3) is 4.26. The van der Waals surface area contributed by atoms with Gasteiger partial charge < -0.3 is 10.2 Å². The number of hydrogen-bond acceptors (Lipinski definition) is 4. The van der Waals surface area contributed by atoms with Crippen molar-refractivity contribution in [3.05, 3.63) is 35.6 Å². The molecule has 0 saturated carbocycles. The fourth-order valence-corrected chi connectivity index (χ4v) is 4.84. The van der Waals surface area contributed by atoms with Gasteiger partial charge in [0.05, 0.1) is 17.5 Å². The molecule has 0 aliphatic carbocycles. The molecule has 134 valence electrons. The van der Waals surface area contributed by atoms with Crippen molar-refractivity contribution < 1.29 is 17.6 Å². The Bertz CT molecular complexity index is 684. The highest BCUT2D eigenvalue weighted by atomic mass is 35.5. The van der Waals surface area contributed by atoms with Crippen LogP contribution in [-0.2, 0) is 14.6 Å². The molecule has 2 aliphatic heterocycles. The lowest BCUT2D eigenvalue weighted by Crippen LogP contribution is -2.51. The molecule has 2 aliphatic rings. The summed E-state index contributed by atoms with van der Waals surface area (Å²) in [6.07, 6.45) is 0.780. The molecule has 2 heterocycles. The summed E-state index contributed by atoms with van der Waals surface area (Å²) in [5, 5.41) is 3.24. The molecule has 1 atom stereocenters. The van der Waals surface area contributed by atoms with Gasteiger partial charge >= 0.3 is 0 Å². The summed E-state index contributed by atoms with van der Waals surface area (Å²) in [7, 11) is -2.98. The Kier molecular flexibility index (Phi) is 6.22. The highest BCUT2D eigenvalue weighted by Crippen LogP contribution is 2.28. The van der Waals surface area contributed by atoms with Crippen LogP contribution in [0.5, 0.6) is 0 Å². The maximum Gasteiger partial charge on any atom is 0.226 e. The standard InChI is InChI=1S/C16H21FN2O3S.ClH/c17-14-3-1-2-13(10-14)15-11-18-6-7-19(15)16(20)12-4-8-23(21,22)9-5-12;/h1-3,10,12,15,18H,4-9,11H2;1H. The molecule has 0 bridgehead atoms.